The van der Waals surface area contributed by atoms with E-state index in [9.17, 15) is 0 Å². The van der Waals surface area contributed by atoms with Gasteiger partial charge in [0.05, 0.1) is 15.9 Å². The molecule has 0 spiro atoms. The van der Waals surface area contributed by atoms with Crippen LogP contribution in [0.15, 0.2) is 4.47 Å². The lowest BCUT2D eigenvalue weighted by atomic mass is 10.0. The summed E-state index contributed by atoms with van der Waals surface area (Å²) < 4.78 is 3.04. The van der Waals surface area contributed by atoms with Crippen molar-refractivity contribution in [1.29, 1.82) is 0 Å². The van der Waals surface area contributed by atoms with Gasteiger partial charge in [-0.15, -0.1) is 0 Å². The lowest BCUT2D eigenvalue weighted by Gasteiger charge is -2.37. The third-order valence-corrected chi connectivity index (χ3v) is 5.88. The van der Waals surface area contributed by atoms with Gasteiger partial charge in [-0.25, -0.2) is 0 Å². The minimum absolute atomic E-state index is 0.240. The summed E-state index contributed by atoms with van der Waals surface area (Å²) in [6.45, 7) is 3.14. The van der Waals surface area contributed by atoms with Crippen molar-refractivity contribution >= 4 is 27.7 Å². The predicted octanol–water partition coefficient (Wildman–Crippen LogP) is 0.913. The summed E-state index contributed by atoms with van der Waals surface area (Å²) in [5.74, 6) is 8.12. The molecule has 1 aliphatic heterocycles. The zero-order valence-electron chi connectivity index (χ0n) is 11.7. The summed E-state index contributed by atoms with van der Waals surface area (Å²) in [4.78, 5) is 2.40. The van der Waals surface area contributed by atoms with E-state index >= 15 is 0 Å². The first kappa shape index (κ1) is 15.3. The third kappa shape index (κ3) is 3.33. The van der Waals surface area contributed by atoms with Crippen molar-refractivity contribution in [2.24, 2.45) is 12.9 Å². The zero-order chi connectivity index (χ0) is 14.0. The molecule has 7 heteroatoms. The van der Waals surface area contributed by atoms with Gasteiger partial charge in [0, 0.05) is 43.6 Å². The van der Waals surface area contributed by atoms with E-state index in [0.29, 0.717) is 6.04 Å². The highest BCUT2D eigenvalue weighted by atomic mass is 79.9. The highest BCUT2D eigenvalue weighted by Gasteiger charge is 2.29. The number of hydrogen-bond acceptors (Lipinski definition) is 5. The Balaban J connectivity index is 2.14. The molecule has 0 saturated carbocycles. The van der Waals surface area contributed by atoms with Crippen molar-refractivity contribution in [2.75, 3.05) is 25.1 Å². The minimum Gasteiger partial charge on any atom is -0.300 e. The number of nitrogens with two attached hydrogens (primary N) is 1. The molecular formula is C12H22BrN5S. The number of rotatable bonds is 4. The van der Waals surface area contributed by atoms with E-state index < -0.39 is 0 Å². The summed E-state index contributed by atoms with van der Waals surface area (Å²) >= 11 is 5.63. The van der Waals surface area contributed by atoms with Gasteiger partial charge in [0.1, 0.15) is 0 Å². The fraction of sp³-hybridized carbons (Fsp3) is 0.750. The second-order valence-electron chi connectivity index (χ2n) is 5.07. The second-order valence-corrected chi connectivity index (χ2v) is 7.01. The average molecular weight is 348 g/mol. The van der Waals surface area contributed by atoms with E-state index in [2.05, 4.69) is 38.4 Å². The minimum atomic E-state index is 0.240. The molecule has 2 unspecified atom stereocenters. The Morgan fingerprint density at radius 1 is 1.58 bits per heavy atom. The molecule has 0 amide bonds. The Morgan fingerprint density at radius 3 is 2.84 bits per heavy atom. The molecule has 1 aliphatic rings. The Hall–Kier alpha value is -0.0800. The normalized spacial score (nSPS) is 22.7. The highest BCUT2D eigenvalue weighted by molar-refractivity contribution is 9.10. The van der Waals surface area contributed by atoms with Gasteiger partial charge in [-0.3, -0.25) is 16.0 Å². The van der Waals surface area contributed by atoms with Gasteiger partial charge >= 0.3 is 0 Å². The smallest absolute Gasteiger partial charge is 0.0738 e. The van der Waals surface area contributed by atoms with E-state index in [0.717, 1.165) is 28.9 Å². The highest BCUT2D eigenvalue weighted by Crippen LogP contribution is 2.24. The fourth-order valence-corrected chi connectivity index (χ4v) is 4.36. The molecular weight excluding hydrogens is 326 g/mol. The summed E-state index contributed by atoms with van der Waals surface area (Å²) in [6.07, 6.45) is 0.879. The van der Waals surface area contributed by atoms with Crippen molar-refractivity contribution in [3.63, 3.8) is 0 Å². The van der Waals surface area contributed by atoms with Crippen LogP contribution < -0.4 is 11.3 Å². The number of nitrogens with zero attached hydrogens (tertiary/aromatic N) is 3. The number of thioether (sulfide) groups is 1. The molecule has 19 heavy (non-hydrogen) atoms. The molecule has 5 nitrogen and oxygen atoms in total. The number of nitrogens with one attached hydrogen (secondary N) is 1. The van der Waals surface area contributed by atoms with Crippen LogP contribution in [0.25, 0.3) is 0 Å². The molecule has 0 aliphatic carbocycles. The van der Waals surface area contributed by atoms with E-state index in [1.807, 2.05) is 30.4 Å². The molecule has 1 aromatic rings. The number of likely N-dealkylation sites (N-methyl/N-ethyl adjacent to an activating group) is 1. The molecule has 1 fully saturated rings. The van der Waals surface area contributed by atoms with Crippen molar-refractivity contribution in [3.05, 3.63) is 15.9 Å². The fourth-order valence-electron chi connectivity index (χ4n) is 2.55. The summed E-state index contributed by atoms with van der Waals surface area (Å²) in [6, 6.07) is 0.703. The van der Waals surface area contributed by atoms with Crippen LogP contribution in [-0.2, 0) is 13.5 Å². The van der Waals surface area contributed by atoms with Crippen LogP contribution in [0.1, 0.15) is 11.4 Å². The molecule has 108 valence electrons. The average Bonchev–Trinajstić information content (AvgIpc) is 2.63. The van der Waals surface area contributed by atoms with E-state index in [4.69, 9.17) is 5.84 Å². The molecule has 0 radical (unpaired) electrons. The van der Waals surface area contributed by atoms with Gasteiger partial charge in [-0.1, -0.05) is 0 Å². The van der Waals surface area contributed by atoms with Gasteiger partial charge in [-0.05, 0) is 29.9 Å². The number of halogens is 1. The molecule has 1 aromatic heterocycles. The van der Waals surface area contributed by atoms with Crippen LogP contribution in [0.4, 0.5) is 0 Å². The largest absolute Gasteiger partial charge is 0.300 e. The molecule has 0 aromatic carbocycles. The van der Waals surface area contributed by atoms with Crippen molar-refractivity contribution in [3.8, 4) is 0 Å². The maximum Gasteiger partial charge on any atom is 0.0738 e. The second kappa shape index (κ2) is 6.58. The topological polar surface area (TPSA) is 59.1 Å². The molecule has 2 atom stereocenters. The van der Waals surface area contributed by atoms with Gasteiger partial charge in [0.15, 0.2) is 0 Å². The number of hydrazine groups is 1. The van der Waals surface area contributed by atoms with Crippen LogP contribution in [0.5, 0.6) is 0 Å². The van der Waals surface area contributed by atoms with E-state index in [-0.39, 0.29) is 6.04 Å². The van der Waals surface area contributed by atoms with Crippen LogP contribution in [-0.4, -0.2) is 51.9 Å². The van der Waals surface area contributed by atoms with Gasteiger partial charge in [0.25, 0.3) is 0 Å². The van der Waals surface area contributed by atoms with Crippen molar-refractivity contribution in [1.82, 2.24) is 20.1 Å². The predicted molar refractivity (Wildman–Crippen MR) is 84.2 cm³/mol. The Bertz CT molecular complexity index is 436. The lowest BCUT2D eigenvalue weighted by Crippen LogP contribution is -2.55. The summed E-state index contributed by atoms with van der Waals surface area (Å²) in [5.41, 5.74) is 5.22. The molecule has 1 saturated heterocycles. The van der Waals surface area contributed by atoms with E-state index in [1.165, 1.54) is 11.4 Å². The number of aromatic nitrogens is 2. The Kier molecular flexibility index (Phi) is 5.30. The number of hydrogen-bond donors (Lipinski definition) is 2. The van der Waals surface area contributed by atoms with Crippen molar-refractivity contribution in [2.45, 2.75) is 25.4 Å². The Morgan fingerprint density at radius 2 is 2.32 bits per heavy atom. The first-order valence-electron chi connectivity index (χ1n) is 6.46. The maximum absolute atomic E-state index is 5.79. The van der Waals surface area contributed by atoms with Gasteiger partial charge in [-0.2, -0.15) is 16.9 Å². The van der Waals surface area contributed by atoms with Crippen LogP contribution >= 0.6 is 27.7 Å². The summed E-state index contributed by atoms with van der Waals surface area (Å²) in [5, 5.41) is 4.44. The summed E-state index contributed by atoms with van der Waals surface area (Å²) in [7, 11) is 4.16. The van der Waals surface area contributed by atoms with E-state index in [1.54, 1.807) is 0 Å². The van der Waals surface area contributed by atoms with Crippen LogP contribution in [0, 0.1) is 6.92 Å². The van der Waals surface area contributed by atoms with Gasteiger partial charge in [0.2, 0.25) is 0 Å². The standard InChI is InChI=1S/C12H22BrN5S/c1-8-12(13)10(18(3)16-8)6-9(15-14)11-7-19-5-4-17(11)2/h9,11,15H,4-7,14H2,1-3H3. The SMILES string of the molecule is Cc1nn(C)c(CC(NN)C2CSCCN2C)c1Br. The third-order valence-electron chi connectivity index (χ3n) is 3.80. The first-order chi connectivity index (χ1) is 9.04. The van der Waals surface area contributed by atoms with Crippen LogP contribution in [0.2, 0.25) is 0 Å². The molecule has 2 rings (SSSR count). The zero-order valence-corrected chi connectivity index (χ0v) is 14.1. The van der Waals surface area contributed by atoms with Gasteiger partial charge < -0.3 is 4.90 Å². The first-order valence-corrected chi connectivity index (χ1v) is 8.41. The van der Waals surface area contributed by atoms with Crippen LogP contribution in [0.3, 0.4) is 0 Å². The molecule has 0 bridgehead atoms. The number of aryl methyl sites for hydroxylation is 2. The molecule has 2 heterocycles. The molecule has 3 N–H and O–H groups in total. The lowest BCUT2D eigenvalue weighted by molar-refractivity contribution is 0.212. The Labute approximate surface area is 127 Å². The maximum atomic E-state index is 5.79. The monoisotopic (exact) mass is 347 g/mol. The quantitative estimate of drug-likeness (QED) is 0.626. The van der Waals surface area contributed by atoms with Crippen molar-refractivity contribution < 1.29 is 0 Å².